The number of carbonyl (C=O) groups is 2. The molecule has 0 aliphatic heterocycles. The molecule has 26 heavy (non-hydrogen) atoms. The molecule has 6 nitrogen and oxygen atoms in total. The van der Waals surface area contributed by atoms with Gasteiger partial charge in [0.05, 0.1) is 14.2 Å². The molecule has 2 rings (SSSR count). The van der Waals surface area contributed by atoms with Crippen molar-refractivity contribution in [3.63, 3.8) is 0 Å². The van der Waals surface area contributed by atoms with Crippen molar-refractivity contribution in [3.05, 3.63) is 23.8 Å². The van der Waals surface area contributed by atoms with Gasteiger partial charge in [-0.15, -0.1) is 0 Å². The van der Waals surface area contributed by atoms with Crippen molar-refractivity contribution in [1.82, 2.24) is 10.6 Å². The van der Waals surface area contributed by atoms with Gasteiger partial charge in [-0.05, 0) is 37.0 Å². The molecule has 0 aromatic heterocycles. The summed E-state index contributed by atoms with van der Waals surface area (Å²) in [5.74, 6) is 1.25. The lowest BCUT2D eigenvalue weighted by atomic mass is 9.95. The predicted molar refractivity (Wildman–Crippen MR) is 101 cm³/mol. The van der Waals surface area contributed by atoms with Gasteiger partial charge in [-0.2, -0.15) is 0 Å². The van der Waals surface area contributed by atoms with Gasteiger partial charge in [0, 0.05) is 25.4 Å². The number of rotatable bonds is 9. The van der Waals surface area contributed by atoms with E-state index >= 15 is 0 Å². The van der Waals surface area contributed by atoms with E-state index in [1.165, 1.54) is 19.3 Å². The lowest BCUT2D eigenvalue weighted by molar-refractivity contribution is -0.126. The number of amides is 2. The van der Waals surface area contributed by atoms with Gasteiger partial charge in [0.1, 0.15) is 0 Å². The minimum atomic E-state index is -0.0933. The summed E-state index contributed by atoms with van der Waals surface area (Å²) in [6.45, 7) is 0.526. The van der Waals surface area contributed by atoms with Crippen LogP contribution < -0.4 is 20.1 Å². The molecule has 1 aromatic carbocycles. The van der Waals surface area contributed by atoms with Gasteiger partial charge in [0.25, 0.3) is 0 Å². The number of nitrogens with one attached hydrogen (secondary N) is 2. The number of hydrogen-bond acceptors (Lipinski definition) is 4. The Bertz CT molecular complexity index is 597. The molecule has 0 bridgehead atoms. The zero-order valence-electron chi connectivity index (χ0n) is 15.8. The second-order valence-corrected chi connectivity index (χ2v) is 6.69. The fourth-order valence-corrected chi connectivity index (χ4v) is 3.24. The van der Waals surface area contributed by atoms with E-state index in [1.54, 1.807) is 14.2 Å². The van der Waals surface area contributed by atoms with E-state index in [2.05, 4.69) is 10.6 Å². The molecular formula is C20H30N2O4. The van der Waals surface area contributed by atoms with E-state index < -0.39 is 0 Å². The predicted octanol–water partition coefficient (Wildman–Crippen LogP) is 2.59. The molecule has 144 valence electrons. The zero-order valence-corrected chi connectivity index (χ0v) is 15.8. The molecule has 1 aliphatic rings. The highest BCUT2D eigenvalue weighted by Crippen LogP contribution is 2.27. The molecule has 0 atom stereocenters. The number of hydrogen-bond donors (Lipinski definition) is 2. The van der Waals surface area contributed by atoms with Crippen molar-refractivity contribution in [3.8, 4) is 11.5 Å². The summed E-state index contributed by atoms with van der Waals surface area (Å²) in [5, 5.41) is 5.90. The summed E-state index contributed by atoms with van der Waals surface area (Å²) in [4.78, 5) is 23.8. The minimum absolute atomic E-state index is 0.0214. The minimum Gasteiger partial charge on any atom is -0.493 e. The maximum Gasteiger partial charge on any atom is 0.220 e. The Hall–Kier alpha value is -2.24. The molecule has 0 spiro atoms. The first-order valence-electron chi connectivity index (χ1n) is 9.39. The van der Waals surface area contributed by atoms with Crippen molar-refractivity contribution in [1.29, 1.82) is 0 Å². The highest BCUT2D eigenvalue weighted by atomic mass is 16.5. The first-order chi connectivity index (χ1) is 12.6. The summed E-state index contributed by atoms with van der Waals surface area (Å²) in [6.07, 6.45) is 6.91. The molecule has 0 unspecified atom stereocenters. The van der Waals surface area contributed by atoms with Crippen LogP contribution in [0.4, 0.5) is 0 Å². The first kappa shape index (κ1) is 20.1. The van der Waals surface area contributed by atoms with Crippen LogP contribution in [0.25, 0.3) is 0 Å². The van der Waals surface area contributed by atoms with Gasteiger partial charge >= 0.3 is 0 Å². The first-order valence-corrected chi connectivity index (χ1v) is 9.39. The lowest BCUT2D eigenvalue weighted by Gasteiger charge is -2.22. The fourth-order valence-electron chi connectivity index (χ4n) is 3.24. The molecule has 1 fully saturated rings. The van der Waals surface area contributed by atoms with Gasteiger partial charge in [-0.25, -0.2) is 0 Å². The summed E-state index contributed by atoms with van der Waals surface area (Å²) in [6, 6.07) is 6.00. The lowest BCUT2D eigenvalue weighted by Crippen LogP contribution is -2.37. The maximum absolute atomic E-state index is 11.9. The third-order valence-electron chi connectivity index (χ3n) is 4.73. The molecule has 2 amide bonds. The molecule has 0 saturated heterocycles. The van der Waals surface area contributed by atoms with Crippen LogP contribution in [-0.4, -0.2) is 38.6 Å². The van der Waals surface area contributed by atoms with Gasteiger partial charge in [0.2, 0.25) is 11.8 Å². The Morgan fingerprint density at radius 3 is 2.38 bits per heavy atom. The molecule has 1 aliphatic carbocycles. The van der Waals surface area contributed by atoms with Gasteiger partial charge in [-0.1, -0.05) is 25.3 Å². The Balaban J connectivity index is 1.64. The van der Waals surface area contributed by atoms with E-state index in [-0.39, 0.29) is 24.7 Å². The summed E-state index contributed by atoms with van der Waals surface area (Å²) < 4.78 is 10.5. The molecule has 0 heterocycles. The van der Waals surface area contributed by atoms with Crippen LogP contribution in [0.5, 0.6) is 11.5 Å². The highest BCUT2D eigenvalue weighted by molar-refractivity contribution is 5.83. The quantitative estimate of drug-likeness (QED) is 0.708. The van der Waals surface area contributed by atoms with Crippen molar-refractivity contribution >= 4 is 11.8 Å². The summed E-state index contributed by atoms with van der Waals surface area (Å²) in [5.41, 5.74) is 1.05. The molecular weight excluding hydrogens is 332 g/mol. The van der Waals surface area contributed by atoms with E-state index in [9.17, 15) is 9.59 Å². The van der Waals surface area contributed by atoms with Gasteiger partial charge < -0.3 is 20.1 Å². The van der Waals surface area contributed by atoms with Crippen LogP contribution in [0.3, 0.4) is 0 Å². The van der Waals surface area contributed by atoms with Crippen molar-refractivity contribution in [2.45, 2.75) is 57.4 Å². The third-order valence-corrected chi connectivity index (χ3v) is 4.73. The van der Waals surface area contributed by atoms with Gasteiger partial charge in [0.15, 0.2) is 11.5 Å². The standard InChI is InChI=1S/C20H30N2O4/c1-25-17-9-8-15(14-18(17)26-2)12-13-21-19(23)10-11-20(24)22-16-6-4-3-5-7-16/h8-9,14,16H,3-7,10-13H2,1-2H3,(H,21,23)(H,22,24). The molecule has 2 N–H and O–H groups in total. The molecule has 1 aromatic rings. The van der Waals surface area contributed by atoms with Crippen LogP contribution >= 0.6 is 0 Å². The summed E-state index contributed by atoms with van der Waals surface area (Å²) >= 11 is 0. The highest BCUT2D eigenvalue weighted by Gasteiger charge is 2.16. The number of benzene rings is 1. The van der Waals surface area contributed by atoms with Crippen LogP contribution in [-0.2, 0) is 16.0 Å². The Labute approximate surface area is 155 Å². The monoisotopic (exact) mass is 362 g/mol. The number of methoxy groups -OCH3 is 2. The molecule has 6 heteroatoms. The van der Waals surface area contributed by atoms with E-state index in [1.807, 2.05) is 18.2 Å². The van der Waals surface area contributed by atoms with Crippen LogP contribution in [0.2, 0.25) is 0 Å². The number of carbonyl (C=O) groups excluding carboxylic acids is 2. The van der Waals surface area contributed by atoms with E-state index in [0.29, 0.717) is 30.5 Å². The largest absolute Gasteiger partial charge is 0.493 e. The Morgan fingerprint density at radius 1 is 1.00 bits per heavy atom. The van der Waals surface area contributed by atoms with E-state index in [0.717, 1.165) is 18.4 Å². The second-order valence-electron chi connectivity index (χ2n) is 6.69. The van der Waals surface area contributed by atoms with E-state index in [4.69, 9.17) is 9.47 Å². The Kier molecular flexibility index (Phi) is 8.25. The van der Waals surface area contributed by atoms with Crippen molar-refractivity contribution < 1.29 is 19.1 Å². The SMILES string of the molecule is COc1ccc(CCNC(=O)CCC(=O)NC2CCCCC2)cc1OC. The van der Waals surface area contributed by atoms with Crippen molar-refractivity contribution in [2.24, 2.45) is 0 Å². The fraction of sp³-hybridized carbons (Fsp3) is 0.600. The average Bonchev–Trinajstić information content (AvgIpc) is 2.67. The maximum atomic E-state index is 11.9. The summed E-state index contributed by atoms with van der Waals surface area (Å²) in [7, 11) is 3.20. The molecule has 1 saturated carbocycles. The van der Waals surface area contributed by atoms with Crippen LogP contribution in [0.15, 0.2) is 18.2 Å². The number of ether oxygens (including phenoxy) is 2. The average molecular weight is 362 g/mol. The third kappa shape index (κ3) is 6.58. The van der Waals surface area contributed by atoms with Crippen molar-refractivity contribution in [2.75, 3.05) is 20.8 Å². The van der Waals surface area contributed by atoms with Crippen LogP contribution in [0, 0.1) is 0 Å². The normalized spacial score (nSPS) is 14.5. The van der Waals surface area contributed by atoms with Crippen LogP contribution in [0.1, 0.15) is 50.5 Å². The second kappa shape index (κ2) is 10.7. The smallest absolute Gasteiger partial charge is 0.220 e. The molecule has 0 radical (unpaired) electrons. The Morgan fingerprint density at radius 2 is 1.69 bits per heavy atom. The topological polar surface area (TPSA) is 76.7 Å². The van der Waals surface area contributed by atoms with Gasteiger partial charge in [-0.3, -0.25) is 9.59 Å². The zero-order chi connectivity index (χ0) is 18.8.